The Bertz CT molecular complexity index is 748. The van der Waals surface area contributed by atoms with Gasteiger partial charge in [0.2, 0.25) is 0 Å². The number of hydrogen-bond donors (Lipinski definition) is 2. The molecule has 0 radical (unpaired) electrons. The summed E-state index contributed by atoms with van der Waals surface area (Å²) < 4.78 is 0.802. The van der Waals surface area contributed by atoms with E-state index in [4.69, 9.17) is 0 Å². The predicted octanol–water partition coefficient (Wildman–Crippen LogP) is 3.05. The summed E-state index contributed by atoms with van der Waals surface area (Å²) in [5.41, 5.74) is 3.74. The van der Waals surface area contributed by atoms with E-state index in [9.17, 15) is 9.59 Å². The second kappa shape index (κ2) is 9.24. The molecule has 0 heterocycles. The van der Waals surface area contributed by atoms with Gasteiger partial charge in [0.15, 0.2) is 0 Å². The van der Waals surface area contributed by atoms with Gasteiger partial charge in [0.25, 0.3) is 11.8 Å². The van der Waals surface area contributed by atoms with E-state index in [1.54, 1.807) is 36.2 Å². The van der Waals surface area contributed by atoms with E-state index in [0.717, 1.165) is 14.9 Å². The number of nitrogens with zero attached hydrogens (tertiary/aromatic N) is 1. The van der Waals surface area contributed by atoms with Crippen LogP contribution in [0.4, 0.5) is 0 Å². The third-order valence-corrected chi connectivity index (χ3v) is 4.25. The molecule has 0 aliphatic rings. The van der Waals surface area contributed by atoms with Crippen LogP contribution in [0.3, 0.4) is 0 Å². The van der Waals surface area contributed by atoms with Gasteiger partial charge in [0.1, 0.15) is 0 Å². The number of halogens is 1. The zero-order valence-corrected chi connectivity index (χ0v) is 15.4. The molecule has 0 fully saturated rings. The Morgan fingerprint density at radius 1 is 1.21 bits per heavy atom. The van der Waals surface area contributed by atoms with Crippen molar-refractivity contribution in [1.82, 2.24) is 10.7 Å². The number of amides is 2. The Morgan fingerprint density at radius 2 is 1.96 bits per heavy atom. The van der Waals surface area contributed by atoms with Gasteiger partial charge in [0.05, 0.1) is 12.8 Å². The van der Waals surface area contributed by atoms with Gasteiger partial charge >= 0.3 is 0 Å². The van der Waals surface area contributed by atoms with Crippen molar-refractivity contribution in [3.05, 3.63) is 64.1 Å². The van der Waals surface area contributed by atoms with Gasteiger partial charge < -0.3 is 5.32 Å². The number of rotatable bonds is 6. The summed E-state index contributed by atoms with van der Waals surface area (Å²) in [7, 11) is 0. The fourth-order valence-corrected chi connectivity index (χ4v) is 2.61. The average Bonchev–Trinajstić information content (AvgIpc) is 2.60. The molecule has 2 aromatic carbocycles. The molecule has 0 saturated carbocycles. The van der Waals surface area contributed by atoms with Crippen LogP contribution < -0.4 is 10.7 Å². The van der Waals surface area contributed by atoms with Crippen molar-refractivity contribution in [3.63, 3.8) is 0 Å². The molecule has 0 spiro atoms. The molecule has 124 valence electrons. The van der Waals surface area contributed by atoms with E-state index < -0.39 is 5.91 Å². The van der Waals surface area contributed by atoms with Crippen LogP contribution in [0.15, 0.2) is 63.0 Å². The highest BCUT2D eigenvalue weighted by Gasteiger charge is 2.07. The number of carbonyl (C=O) groups is 2. The summed E-state index contributed by atoms with van der Waals surface area (Å²) >= 11 is 4.95. The molecule has 0 bridgehead atoms. The Hall–Kier alpha value is -2.12. The van der Waals surface area contributed by atoms with Crippen molar-refractivity contribution in [2.75, 3.05) is 12.8 Å². The summed E-state index contributed by atoms with van der Waals surface area (Å²) in [6.07, 6.45) is 3.56. The molecule has 0 aliphatic carbocycles. The number of hydrazone groups is 1. The van der Waals surface area contributed by atoms with Crippen LogP contribution in [0.1, 0.15) is 15.9 Å². The van der Waals surface area contributed by atoms with Crippen LogP contribution in [0, 0.1) is 0 Å². The minimum Gasteiger partial charge on any atom is -0.343 e. The van der Waals surface area contributed by atoms with Crippen LogP contribution in [0.2, 0.25) is 0 Å². The van der Waals surface area contributed by atoms with Crippen molar-refractivity contribution in [2.24, 2.45) is 5.10 Å². The summed E-state index contributed by atoms with van der Waals surface area (Å²) in [6, 6.07) is 14.7. The lowest BCUT2D eigenvalue weighted by Gasteiger charge is -2.04. The Labute approximate surface area is 153 Å². The fraction of sp³-hybridized carbons (Fsp3) is 0.118. The van der Waals surface area contributed by atoms with E-state index in [0.29, 0.717) is 5.56 Å². The summed E-state index contributed by atoms with van der Waals surface area (Å²) in [5.74, 6) is -0.710. The van der Waals surface area contributed by atoms with E-state index in [1.165, 1.54) is 0 Å². The van der Waals surface area contributed by atoms with Crippen LogP contribution >= 0.6 is 27.7 Å². The number of hydrogen-bond acceptors (Lipinski definition) is 4. The normalized spacial score (nSPS) is 10.6. The first-order valence-corrected chi connectivity index (χ1v) is 9.10. The molecular formula is C17H16BrN3O2S. The van der Waals surface area contributed by atoms with E-state index >= 15 is 0 Å². The van der Waals surface area contributed by atoms with Gasteiger partial charge in [-0.05, 0) is 42.2 Å². The topological polar surface area (TPSA) is 70.6 Å². The summed E-state index contributed by atoms with van der Waals surface area (Å²) in [5, 5.41) is 6.41. The lowest BCUT2D eigenvalue weighted by molar-refractivity contribution is -0.120. The van der Waals surface area contributed by atoms with Crippen molar-refractivity contribution in [1.29, 1.82) is 0 Å². The van der Waals surface area contributed by atoms with Gasteiger partial charge in [-0.1, -0.05) is 34.1 Å². The van der Waals surface area contributed by atoms with E-state index in [2.05, 4.69) is 31.8 Å². The number of carbonyl (C=O) groups excluding carboxylic acids is 2. The van der Waals surface area contributed by atoms with Crippen molar-refractivity contribution in [2.45, 2.75) is 4.90 Å². The number of thioether (sulfide) groups is 1. The Kier molecular flexibility index (Phi) is 7.02. The molecule has 2 rings (SSSR count). The van der Waals surface area contributed by atoms with E-state index in [-0.39, 0.29) is 12.5 Å². The van der Waals surface area contributed by atoms with Crippen molar-refractivity contribution >= 4 is 45.7 Å². The smallest absolute Gasteiger partial charge is 0.259 e. The maximum absolute atomic E-state index is 11.9. The second-order valence-corrected chi connectivity index (χ2v) is 6.55. The Morgan fingerprint density at radius 3 is 2.62 bits per heavy atom. The first-order valence-electron chi connectivity index (χ1n) is 7.08. The molecule has 0 unspecified atom stereocenters. The highest BCUT2D eigenvalue weighted by atomic mass is 79.9. The molecule has 2 aromatic rings. The highest BCUT2D eigenvalue weighted by molar-refractivity contribution is 9.10. The maximum atomic E-state index is 11.9. The molecule has 0 aliphatic heterocycles. The number of nitrogens with one attached hydrogen (secondary N) is 2. The third kappa shape index (κ3) is 5.82. The molecular weight excluding hydrogens is 390 g/mol. The van der Waals surface area contributed by atoms with Gasteiger partial charge in [0, 0.05) is 14.9 Å². The van der Waals surface area contributed by atoms with Crippen LogP contribution in [-0.2, 0) is 4.79 Å². The largest absolute Gasteiger partial charge is 0.343 e. The van der Waals surface area contributed by atoms with Gasteiger partial charge in [-0.3, -0.25) is 9.59 Å². The third-order valence-electron chi connectivity index (χ3n) is 3.01. The van der Waals surface area contributed by atoms with Gasteiger partial charge in [-0.25, -0.2) is 5.43 Å². The zero-order chi connectivity index (χ0) is 17.4. The molecule has 24 heavy (non-hydrogen) atoms. The molecule has 0 aromatic heterocycles. The van der Waals surface area contributed by atoms with Crippen molar-refractivity contribution < 1.29 is 9.59 Å². The molecule has 2 N–H and O–H groups in total. The minimum absolute atomic E-state index is 0.145. The zero-order valence-electron chi connectivity index (χ0n) is 13.0. The van der Waals surface area contributed by atoms with E-state index in [1.807, 2.05) is 36.6 Å². The molecule has 0 atom stereocenters. The monoisotopic (exact) mass is 405 g/mol. The van der Waals surface area contributed by atoms with Crippen LogP contribution in [0.5, 0.6) is 0 Å². The molecule has 5 nitrogen and oxygen atoms in total. The van der Waals surface area contributed by atoms with Gasteiger partial charge in [-0.2, -0.15) is 5.10 Å². The molecule has 7 heteroatoms. The lowest BCUT2D eigenvalue weighted by atomic mass is 10.2. The van der Waals surface area contributed by atoms with Crippen LogP contribution in [0.25, 0.3) is 0 Å². The highest BCUT2D eigenvalue weighted by Crippen LogP contribution is 2.14. The van der Waals surface area contributed by atoms with Gasteiger partial charge in [-0.15, -0.1) is 11.8 Å². The minimum atomic E-state index is -0.393. The molecule has 0 saturated heterocycles. The first-order chi connectivity index (χ1) is 11.6. The summed E-state index contributed by atoms with van der Waals surface area (Å²) in [4.78, 5) is 24.7. The fourth-order valence-electron chi connectivity index (χ4n) is 1.80. The quantitative estimate of drug-likeness (QED) is 0.440. The Balaban J connectivity index is 1.78. The SMILES string of the molecule is CSc1ccc(C=NNC(=O)CNC(=O)c2cccc(Br)c2)cc1. The summed E-state index contributed by atoms with van der Waals surface area (Å²) in [6.45, 7) is -0.145. The second-order valence-electron chi connectivity index (χ2n) is 4.76. The average molecular weight is 406 g/mol. The van der Waals surface area contributed by atoms with Crippen LogP contribution in [-0.4, -0.2) is 30.8 Å². The lowest BCUT2D eigenvalue weighted by Crippen LogP contribution is -2.34. The molecule has 2 amide bonds. The van der Waals surface area contributed by atoms with Crippen molar-refractivity contribution in [3.8, 4) is 0 Å². The predicted molar refractivity (Wildman–Crippen MR) is 100 cm³/mol. The maximum Gasteiger partial charge on any atom is 0.259 e. The number of benzene rings is 2. The first kappa shape index (κ1) is 18.2. The standard InChI is InChI=1S/C17H16BrN3O2S/c1-24-15-7-5-12(6-8-15)10-20-21-16(22)11-19-17(23)13-3-2-4-14(18)9-13/h2-10H,11H2,1H3,(H,19,23)(H,21,22).